The lowest BCUT2D eigenvalue weighted by molar-refractivity contribution is 0.0268. The monoisotopic (exact) mass is 309 g/mol. The Kier molecular flexibility index (Phi) is 7.52. The van der Waals surface area contributed by atoms with Gasteiger partial charge in [0.15, 0.2) is 5.96 Å². The van der Waals surface area contributed by atoms with Crippen molar-refractivity contribution in [2.24, 2.45) is 4.99 Å². The standard InChI is InChI=1S/C16H27N3O3/c1-16(2,21-5)12-19-15(17-3)18-10-11-22-14-8-6-13(20-4)7-9-14/h6-9H,10-12H2,1-5H3,(H2,17,18,19). The van der Waals surface area contributed by atoms with Crippen LogP contribution in [0.15, 0.2) is 29.3 Å². The fourth-order valence-electron chi connectivity index (χ4n) is 1.60. The molecule has 0 bridgehead atoms. The topological polar surface area (TPSA) is 64.1 Å². The number of hydrogen-bond acceptors (Lipinski definition) is 4. The van der Waals surface area contributed by atoms with E-state index in [1.165, 1.54) is 0 Å². The number of ether oxygens (including phenoxy) is 3. The first-order valence-corrected chi connectivity index (χ1v) is 7.27. The average Bonchev–Trinajstić information content (AvgIpc) is 2.54. The zero-order valence-corrected chi connectivity index (χ0v) is 14.1. The van der Waals surface area contributed by atoms with Crippen LogP contribution in [0.2, 0.25) is 0 Å². The van der Waals surface area contributed by atoms with E-state index in [1.807, 2.05) is 38.1 Å². The maximum atomic E-state index is 5.64. The molecule has 1 aromatic rings. The number of hydrogen-bond donors (Lipinski definition) is 2. The van der Waals surface area contributed by atoms with Crippen molar-refractivity contribution >= 4 is 5.96 Å². The fourth-order valence-corrected chi connectivity index (χ4v) is 1.60. The Morgan fingerprint density at radius 3 is 2.27 bits per heavy atom. The van der Waals surface area contributed by atoms with Gasteiger partial charge in [-0.25, -0.2) is 0 Å². The Hall–Kier alpha value is -1.95. The number of nitrogens with one attached hydrogen (secondary N) is 2. The predicted octanol–water partition coefficient (Wildman–Crippen LogP) is 1.66. The second kappa shape index (κ2) is 9.15. The summed E-state index contributed by atoms with van der Waals surface area (Å²) in [5.74, 6) is 2.35. The van der Waals surface area contributed by atoms with Crippen LogP contribution < -0.4 is 20.1 Å². The van der Waals surface area contributed by atoms with Crippen LogP contribution in [0.5, 0.6) is 11.5 Å². The van der Waals surface area contributed by atoms with Crippen molar-refractivity contribution in [2.45, 2.75) is 19.4 Å². The predicted molar refractivity (Wildman–Crippen MR) is 88.9 cm³/mol. The maximum absolute atomic E-state index is 5.64. The van der Waals surface area contributed by atoms with Gasteiger partial charge < -0.3 is 24.8 Å². The van der Waals surface area contributed by atoms with Gasteiger partial charge in [0.25, 0.3) is 0 Å². The van der Waals surface area contributed by atoms with Gasteiger partial charge in [-0.3, -0.25) is 4.99 Å². The van der Waals surface area contributed by atoms with Crippen LogP contribution in [-0.2, 0) is 4.74 Å². The Labute approximate surface area is 132 Å². The van der Waals surface area contributed by atoms with Gasteiger partial charge in [0.2, 0.25) is 0 Å². The van der Waals surface area contributed by atoms with Gasteiger partial charge in [-0.05, 0) is 38.1 Å². The summed E-state index contributed by atoms with van der Waals surface area (Å²) in [7, 11) is 5.07. The van der Waals surface area contributed by atoms with Gasteiger partial charge in [0, 0.05) is 20.7 Å². The molecule has 0 aliphatic rings. The largest absolute Gasteiger partial charge is 0.497 e. The minimum Gasteiger partial charge on any atom is -0.497 e. The van der Waals surface area contributed by atoms with Gasteiger partial charge >= 0.3 is 0 Å². The van der Waals surface area contributed by atoms with E-state index in [0.29, 0.717) is 19.7 Å². The molecule has 1 rings (SSSR count). The first-order valence-electron chi connectivity index (χ1n) is 7.27. The van der Waals surface area contributed by atoms with Gasteiger partial charge in [-0.1, -0.05) is 0 Å². The molecule has 124 valence electrons. The van der Waals surface area contributed by atoms with Crippen molar-refractivity contribution < 1.29 is 14.2 Å². The molecule has 0 amide bonds. The molecule has 1 aromatic carbocycles. The van der Waals surface area contributed by atoms with Crippen LogP contribution in [0.25, 0.3) is 0 Å². The molecule has 0 fully saturated rings. The van der Waals surface area contributed by atoms with E-state index in [4.69, 9.17) is 14.2 Å². The Balaban J connectivity index is 2.26. The van der Waals surface area contributed by atoms with Crippen LogP contribution in [-0.4, -0.2) is 52.5 Å². The molecule has 2 N–H and O–H groups in total. The number of methoxy groups -OCH3 is 2. The number of aliphatic imine (C=N–C) groups is 1. The summed E-state index contributed by atoms with van der Waals surface area (Å²) in [6.07, 6.45) is 0. The zero-order chi connectivity index (χ0) is 16.4. The molecule has 6 heteroatoms. The minimum atomic E-state index is -0.239. The van der Waals surface area contributed by atoms with Gasteiger partial charge in [-0.15, -0.1) is 0 Å². The van der Waals surface area contributed by atoms with Gasteiger partial charge in [0.1, 0.15) is 18.1 Å². The normalized spacial score (nSPS) is 12.0. The van der Waals surface area contributed by atoms with Crippen molar-refractivity contribution in [1.29, 1.82) is 0 Å². The number of benzene rings is 1. The summed E-state index contributed by atoms with van der Waals surface area (Å²) in [6, 6.07) is 7.51. The average molecular weight is 309 g/mol. The molecule has 0 aromatic heterocycles. The zero-order valence-electron chi connectivity index (χ0n) is 14.1. The SMILES string of the molecule is CN=C(NCCOc1ccc(OC)cc1)NCC(C)(C)OC. The third-order valence-corrected chi connectivity index (χ3v) is 3.18. The van der Waals surface area contributed by atoms with Crippen molar-refractivity contribution in [1.82, 2.24) is 10.6 Å². The highest BCUT2D eigenvalue weighted by Gasteiger charge is 2.16. The highest BCUT2D eigenvalue weighted by molar-refractivity contribution is 5.79. The smallest absolute Gasteiger partial charge is 0.191 e. The van der Waals surface area contributed by atoms with Crippen LogP contribution >= 0.6 is 0 Å². The van der Waals surface area contributed by atoms with E-state index in [-0.39, 0.29) is 5.60 Å². The molecule has 0 atom stereocenters. The number of rotatable bonds is 8. The van der Waals surface area contributed by atoms with Crippen molar-refractivity contribution in [3.8, 4) is 11.5 Å². The lowest BCUT2D eigenvalue weighted by atomic mass is 10.1. The van der Waals surface area contributed by atoms with Crippen molar-refractivity contribution in [3.63, 3.8) is 0 Å². The third-order valence-electron chi connectivity index (χ3n) is 3.18. The van der Waals surface area contributed by atoms with E-state index in [2.05, 4.69) is 15.6 Å². The molecule has 0 saturated carbocycles. The fraction of sp³-hybridized carbons (Fsp3) is 0.562. The summed E-state index contributed by atoms with van der Waals surface area (Å²) in [5, 5.41) is 6.41. The molecule has 0 unspecified atom stereocenters. The molecule has 0 spiro atoms. The molecule has 0 aliphatic carbocycles. The van der Waals surface area contributed by atoms with E-state index in [1.54, 1.807) is 21.3 Å². The molecule has 6 nitrogen and oxygen atoms in total. The summed E-state index contributed by atoms with van der Waals surface area (Å²) in [5.41, 5.74) is -0.239. The van der Waals surface area contributed by atoms with E-state index >= 15 is 0 Å². The van der Waals surface area contributed by atoms with Crippen LogP contribution in [0.3, 0.4) is 0 Å². The Morgan fingerprint density at radius 2 is 1.73 bits per heavy atom. The third kappa shape index (κ3) is 6.67. The molecule has 0 aliphatic heterocycles. The first kappa shape index (κ1) is 18.1. The number of guanidine groups is 1. The lowest BCUT2D eigenvalue weighted by Crippen LogP contribution is -2.46. The van der Waals surface area contributed by atoms with E-state index < -0.39 is 0 Å². The molecule has 0 saturated heterocycles. The Bertz CT molecular complexity index is 458. The van der Waals surface area contributed by atoms with Gasteiger partial charge in [0.05, 0.1) is 19.3 Å². The highest BCUT2D eigenvalue weighted by atomic mass is 16.5. The molecular formula is C16H27N3O3. The van der Waals surface area contributed by atoms with Crippen molar-refractivity contribution in [2.75, 3.05) is 41.0 Å². The summed E-state index contributed by atoms with van der Waals surface area (Å²) in [4.78, 5) is 4.16. The minimum absolute atomic E-state index is 0.239. The molecule has 0 heterocycles. The van der Waals surface area contributed by atoms with Crippen LogP contribution in [0.4, 0.5) is 0 Å². The van der Waals surface area contributed by atoms with Crippen LogP contribution in [0.1, 0.15) is 13.8 Å². The summed E-state index contributed by atoms with van der Waals surface area (Å²) < 4.78 is 16.1. The second-order valence-corrected chi connectivity index (χ2v) is 5.34. The first-order chi connectivity index (χ1) is 10.5. The molecular weight excluding hydrogens is 282 g/mol. The van der Waals surface area contributed by atoms with Crippen LogP contribution in [0, 0.1) is 0 Å². The second-order valence-electron chi connectivity index (χ2n) is 5.34. The highest BCUT2D eigenvalue weighted by Crippen LogP contribution is 2.16. The maximum Gasteiger partial charge on any atom is 0.191 e. The Morgan fingerprint density at radius 1 is 1.09 bits per heavy atom. The van der Waals surface area contributed by atoms with E-state index in [9.17, 15) is 0 Å². The molecule has 22 heavy (non-hydrogen) atoms. The quantitative estimate of drug-likeness (QED) is 0.434. The van der Waals surface area contributed by atoms with Crippen molar-refractivity contribution in [3.05, 3.63) is 24.3 Å². The summed E-state index contributed by atoms with van der Waals surface area (Å²) >= 11 is 0. The van der Waals surface area contributed by atoms with E-state index in [0.717, 1.165) is 17.5 Å². The number of nitrogens with zero attached hydrogens (tertiary/aromatic N) is 1. The molecule has 0 radical (unpaired) electrons. The summed E-state index contributed by atoms with van der Waals surface area (Å²) in [6.45, 7) is 5.89. The lowest BCUT2D eigenvalue weighted by Gasteiger charge is -2.24. The van der Waals surface area contributed by atoms with Gasteiger partial charge in [-0.2, -0.15) is 0 Å².